The second kappa shape index (κ2) is 4.76. The Bertz CT molecular complexity index is 1100. The van der Waals surface area contributed by atoms with E-state index >= 15 is 0 Å². The third-order valence-corrected chi connectivity index (χ3v) is 6.31. The molecule has 0 bridgehead atoms. The molecule has 0 atom stereocenters. The fraction of sp³-hybridized carbons (Fsp3) is 0.120. The summed E-state index contributed by atoms with van der Waals surface area (Å²) in [5.74, 6) is 0. The van der Waals surface area contributed by atoms with Crippen molar-refractivity contribution in [3.8, 4) is 11.1 Å². The van der Waals surface area contributed by atoms with Crippen LogP contribution in [0.5, 0.6) is 0 Å². The second-order valence-corrected chi connectivity index (χ2v) is 7.48. The zero-order valence-corrected chi connectivity index (χ0v) is 14.5. The highest BCUT2D eigenvalue weighted by molar-refractivity contribution is 5.97. The highest BCUT2D eigenvalue weighted by Crippen LogP contribution is 2.63. The summed E-state index contributed by atoms with van der Waals surface area (Å²) >= 11 is 0. The number of allylic oxidation sites excluding steroid dienone is 4. The van der Waals surface area contributed by atoms with Crippen molar-refractivity contribution in [3.63, 3.8) is 0 Å². The summed E-state index contributed by atoms with van der Waals surface area (Å²) < 4.78 is 0. The van der Waals surface area contributed by atoms with Gasteiger partial charge in [-0.3, -0.25) is 0 Å². The summed E-state index contributed by atoms with van der Waals surface area (Å²) in [7, 11) is 0. The molecular formula is C25H19N. The zero-order valence-electron chi connectivity index (χ0n) is 14.5. The van der Waals surface area contributed by atoms with E-state index in [2.05, 4.69) is 78.9 Å². The van der Waals surface area contributed by atoms with E-state index in [-0.39, 0.29) is 5.41 Å². The average Bonchev–Trinajstić information content (AvgIpc) is 3.15. The maximum atomic E-state index is 6.18. The van der Waals surface area contributed by atoms with Gasteiger partial charge >= 0.3 is 0 Å². The van der Waals surface area contributed by atoms with Gasteiger partial charge in [0, 0.05) is 5.69 Å². The lowest BCUT2D eigenvalue weighted by molar-refractivity contribution is 0.714. The quantitative estimate of drug-likeness (QED) is 0.525. The molecule has 3 aromatic carbocycles. The Balaban J connectivity index is 1.83. The van der Waals surface area contributed by atoms with Crippen molar-refractivity contribution in [2.24, 2.45) is 0 Å². The number of hydrogen-bond acceptors (Lipinski definition) is 1. The van der Waals surface area contributed by atoms with Crippen LogP contribution in [0.3, 0.4) is 0 Å². The highest BCUT2D eigenvalue weighted by atomic mass is 14.6. The van der Waals surface area contributed by atoms with E-state index in [0.717, 1.165) is 18.5 Å². The summed E-state index contributed by atoms with van der Waals surface area (Å²) in [6, 6.07) is 24.4. The molecule has 1 nitrogen and oxygen atoms in total. The monoisotopic (exact) mass is 333 g/mol. The lowest BCUT2D eigenvalue weighted by Crippen LogP contribution is -2.27. The molecule has 3 aromatic rings. The van der Waals surface area contributed by atoms with Gasteiger partial charge in [-0.25, -0.2) is 0 Å². The number of nitrogens with two attached hydrogens (primary N) is 1. The molecule has 0 aromatic heterocycles. The molecule has 0 aliphatic heterocycles. The van der Waals surface area contributed by atoms with Crippen LogP contribution in [0, 0.1) is 0 Å². The van der Waals surface area contributed by atoms with Crippen molar-refractivity contribution in [2.75, 3.05) is 5.73 Å². The number of nitrogen functional groups attached to an aromatic ring is 1. The number of hydrogen-bond donors (Lipinski definition) is 1. The first-order chi connectivity index (χ1) is 12.8. The summed E-state index contributed by atoms with van der Waals surface area (Å²) in [4.78, 5) is 0. The van der Waals surface area contributed by atoms with Crippen LogP contribution in [0.25, 0.3) is 16.7 Å². The molecule has 0 heterocycles. The number of rotatable bonds is 0. The fourth-order valence-corrected chi connectivity index (χ4v) is 5.43. The molecule has 1 spiro atoms. The molecule has 124 valence electrons. The average molecular weight is 333 g/mol. The van der Waals surface area contributed by atoms with Gasteiger partial charge in [0.1, 0.15) is 0 Å². The van der Waals surface area contributed by atoms with Crippen LogP contribution in [0.1, 0.15) is 35.1 Å². The number of fused-ring (bicyclic) bond motifs is 9. The van der Waals surface area contributed by atoms with Crippen molar-refractivity contribution >= 4 is 11.3 Å². The maximum absolute atomic E-state index is 6.18. The standard InChI is InChI=1S/C25H19N/c26-16-13-14-24-20(15-16)19-9-3-6-12-23(19)25(24)21-10-4-1-7-17(21)18-8-2-5-11-22(18)25/h1-5,7-11,13-15H,6,12,26H2. The highest BCUT2D eigenvalue weighted by Gasteiger charge is 2.52. The summed E-state index contributed by atoms with van der Waals surface area (Å²) in [6.45, 7) is 0. The molecule has 6 rings (SSSR count). The Labute approximate surface area is 153 Å². The summed E-state index contributed by atoms with van der Waals surface area (Å²) in [5, 5.41) is 0. The largest absolute Gasteiger partial charge is 0.399 e. The molecule has 2 N–H and O–H groups in total. The van der Waals surface area contributed by atoms with Crippen molar-refractivity contribution < 1.29 is 0 Å². The predicted molar refractivity (Wildman–Crippen MR) is 108 cm³/mol. The minimum absolute atomic E-state index is 0.156. The van der Waals surface area contributed by atoms with Crippen LogP contribution in [0.4, 0.5) is 5.69 Å². The Hall–Kier alpha value is -3.06. The molecule has 1 heteroatoms. The van der Waals surface area contributed by atoms with E-state index in [1.54, 1.807) is 0 Å². The van der Waals surface area contributed by atoms with Gasteiger partial charge in [-0.1, -0.05) is 66.7 Å². The van der Waals surface area contributed by atoms with Crippen LogP contribution < -0.4 is 5.73 Å². The van der Waals surface area contributed by atoms with Gasteiger partial charge in [-0.15, -0.1) is 0 Å². The van der Waals surface area contributed by atoms with Crippen molar-refractivity contribution in [2.45, 2.75) is 18.3 Å². The maximum Gasteiger partial charge on any atom is 0.0688 e. The second-order valence-electron chi connectivity index (χ2n) is 7.48. The van der Waals surface area contributed by atoms with Crippen molar-refractivity contribution in [1.82, 2.24) is 0 Å². The van der Waals surface area contributed by atoms with Gasteiger partial charge in [0.05, 0.1) is 5.41 Å². The van der Waals surface area contributed by atoms with Crippen LogP contribution >= 0.6 is 0 Å². The van der Waals surface area contributed by atoms with Gasteiger partial charge in [0.25, 0.3) is 0 Å². The minimum atomic E-state index is -0.156. The third-order valence-electron chi connectivity index (χ3n) is 6.31. The molecule has 26 heavy (non-hydrogen) atoms. The number of benzene rings is 3. The van der Waals surface area contributed by atoms with Gasteiger partial charge in [-0.2, -0.15) is 0 Å². The molecule has 0 saturated carbocycles. The molecule has 0 radical (unpaired) electrons. The first kappa shape index (κ1) is 14.1. The first-order valence-electron chi connectivity index (χ1n) is 9.32. The van der Waals surface area contributed by atoms with Gasteiger partial charge in [-0.05, 0) is 69.5 Å². The van der Waals surface area contributed by atoms with Crippen LogP contribution in [0.15, 0.2) is 84.5 Å². The van der Waals surface area contributed by atoms with E-state index < -0.39 is 0 Å². The van der Waals surface area contributed by atoms with Crippen molar-refractivity contribution in [1.29, 1.82) is 0 Å². The molecule has 0 saturated heterocycles. The summed E-state index contributed by atoms with van der Waals surface area (Å²) in [5.41, 5.74) is 18.1. The first-order valence-corrected chi connectivity index (χ1v) is 9.32. The topological polar surface area (TPSA) is 26.0 Å². The lowest BCUT2D eigenvalue weighted by Gasteiger charge is -2.33. The molecule has 3 aliphatic carbocycles. The van der Waals surface area contributed by atoms with E-state index in [9.17, 15) is 0 Å². The van der Waals surface area contributed by atoms with E-state index in [0.29, 0.717) is 0 Å². The van der Waals surface area contributed by atoms with Crippen LogP contribution in [-0.4, -0.2) is 0 Å². The predicted octanol–water partition coefficient (Wildman–Crippen LogP) is 5.70. The Morgan fingerprint density at radius 1 is 0.731 bits per heavy atom. The smallest absolute Gasteiger partial charge is 0.0688 e. The number of anilines is 1. The third kappa shape index (κ3) is 1.48. The fourth-order valence-electron chi connectivity index (χ4n) is 5.43. The van der Waals surface area contributed by atoms with Gasteiger partial charge in [0.2, 0.25) is 0 Å². The molecular weight excluding hydrogens is 314 g/mol. The van der Waals surface area contributed by atoms with Crippen LogP contribution in [-0.2, 0) is 5.41 Å². The van der Waals surface area contributed by atoms with Crippen molar-refractivity contribution in [3.05, 3.63) is 107 Å². The molecule has 3 aliphatic rings. The van der Waals surface area contributed by atoms with E-state index in [1.807, 2.05) is 0 Å². The summed E-state index contributed by atoms with van der Waals surface area (Å²) in [6.07, 6.45) is 6.82. The van der Waals surface area contributed by atoms with Gasteiger partial charge < -0.3 is 5.73 Å². The Morgan fingerprint density at radius 2 is 1.38 bits per heavy atom. The van der Waals surface area contributed by atoms with Crippen LogP contribution in [0.2, 0.25) is 0 Å². The molecule has 0 unspecified atom stereocenters. The van der Waals surface area contributed by atoms with E-state index in [1.165, 1.54) is 44.5 Å². The Morgan fingerprint density at radius 3 is 2.12 bits per heavy atom. The zero-order chi connectivity index (χ0) is 17.3. The minimum Gasteiger partial charge on any atom is -0.399 e. The lowest BCUT2D eigenvalue weighted by atomic mass is 9.68. The van der Waals surface area contributed by atoms with E-state index in [4.69, 9.17) is 5.73 Å². The normalized spacial score (nSPS) is 17.8. The SMILES string of the molecule is Nc1ccc2c(c1)C1=C(CCC=C1)C21c2ccccc2-c2ccccc21. The van der Waals surface area contributed by atoms with Gasteiger partial charge in [0.15, 0.2) is 0 Å². The Kier molecular flexibility index (Phi) is 2.59. The molecule has 0 fully saturated rings. The molecule has 0 amide bonds.